The minimum atomic E-state index is -0.227. The van der Waals surface area contributed by atoms with Crippen molar-refractivity contribution in [1.29, 1.82) is 0 Å². The molecule has 0 bridgehead atoms. The molecule has 20 heavy (non-hydrogen) atoms. The second-order valence-corrected chi connectivity index (χ2v) is 5.02. The van der Waals surface area contributed by atoms with Gasteiger partial charge in [-0.1, -0.05) is 6.07 Å². The second-order valence-electron chi connectivity index (χ2n) is 5.02. The summed E-state index contributed by atoms with van der Waals surface area (Å²) in [6.07, 6.45) is 1.69. The van der Waals surface area contributed by atoms with Crippen molar-refractivity contribution < 1.29 is 19.3 Å². The van der Waals surface area contributed by atoms with Crippen LogP contribution in [0.4, 0.5) is 0 Å². The molecule has 5 heteroatoms. The zero-order chi connectivity index (χ0) is 14.5. The third-order valence-electron chi connectivity index (χ3n) is 3.66. The number of ether oxygens (including phenoxy) is 3. The molecule has 1 saturated heterocycles. The highest BCUT2D eigenvalue weighted by Gasteiger charge is 2.21. The van der Waals surface area contributed by atoms with Crippen LogP contribution in [0.15, 0.2) is 12.1 Å². The van der Waals surface area contributed by atoms with Gasteiger partial charge >= 0.3 is 0 Å². The van der Waals surface area contributed by atoms with E-state index in [0.29, 0.717) is 23.8 Å². The molecule has 1 fully saturated rings. The maximum atomic E-state index is 9.75. The monoisotopic (exact) mass is 281 g/mol. The number of piperidine rings is 1. The summed E-state index contributed by atoms with van der Waals surface area (Å²) in [6.45, 7) is 2.44. The van der Waals surface area contributed by atoms with E-state index in [0.717, 1.165) is 31.5 Å². The molecule has 1 heterocycles. The first-order valence-electron chi connectivity index (χ1n) is 6.87. The van der Waals surface area contributed by atoms with Crippen LogP contribution in [0.2, 0.25) is 0 Å². The minimum Gasteiger partial charge on any atom is -0.493 e. The summed E-state index contributed by atoms with van der Waals surface area (Å²) < 4.78 is 16.2. The Morgan fingerprint density at radius 2 is 1.90 bits per heavy atom. The van der Waals surface area contributed by atoms with Crippen molar-refractivity contribution in [3.8, 4) is 17.2 Å². The Morgan fingerprint density at radius 1 is 1.15 bits per heavy atom. The molecule has 112 valence electrons. The number of aliphatic hydroxyl groups excluding tert-OH is 1. The van der Waals surface area contributed by atoms with E-state index in [2.05, 4.69) is 4.90 Å². The summed E-state index contributed by atoms with van der Waals surface area (Å²) in [5, 5.41) is 9.75. The minimum absolute atomic E-state index is 0.227. The summed E-state index contributed by atoms with van der Waals surface area (Å²) in [5.41, 5.74) is 1.04. The molecule has 1 N–H and O–H groups in total. The average Bonchev–Trinajstić information content (AvgIpc) is 2.46. The van der Waals surface area contributed by atoms with Crippen molar-refractivity contribution in [3.63, 3.8) is 0 Å². The Balaban J connectivity index is 2.22. The third kappa shape index (κ3) is 3.16. The highest BCUT2D eigenvalue weighted by Crippen LogP contribution is 2.40. The number of hydrogen-bond acceptors (Lipinski definition) is 5. The molecule has 1 aromatic rings. The predicted molar refractivity (Wildman–Crippen MR) is 76.6 cm³/mol. The van der Waals surface area contributed by atoms with E-state index in [1.807, 2.05) is 12.1 Å². The van der Waals surface area contributed by atoms with E-state index in [-0.39, 0.29) is 6.10 Å². The third-order valence-corrected chi connectivity index (χ3v) is 3.66. The van der Waals surface area contributed by atoms with Gasteiger partial charge in [0.15, 0.2) is 11.5 Å². The number of likely N-dealkylation sites (tertiary alicyclic amines) is 1. The molecule has 0 radical (unpaired) electrons. The van der Waals surface area contributed by atoms with E-state index < -0.39 is 0 Å². The molecular weight excluding hydrogens is 258 g/mol. The van der Waals surface area contributed by atoms with Crippen molar-refractivity contribution in [2.45, 2.75) is 25.5 Å². The fourth-order valence-corrected chi connectivity index (χ4v) is 2.70. The van der Waals surface area contributed by atoms with Crippen LogP contribution in [0, 0.1) is 0 Å². The summed E-state index contributed by atoms with van der Waals surface area (Å²) >= 11 is 0. The maximum absolute atomic E-state index is 9.75. The van der Waals surface area contributed by atoms with E-state index in [4.69, 9.17) is 14.2 Å². The van der Waals surface area contributed by atoms with Gasteiger partial charge in [0.05, 0.1) is 27.4 Å². The Bertz CT molecular complexity index is 450. The van der Waals surface area contributed by atoms with Crippen LogP contribution >= 0.6 is 0 Å². The first-order valence-corrected chi connectivity index (χ1v) is 6.87. The van der Waals surface area contributed by atoms with Crippen LogP contribution in [-0.2, 0) is 6.54 Å². The molecule has 0 spiro atoms. The lowest BCUT2D eigenvalue weighted by molar-refractivity contribution is 0.0663. The molecular formula is C15H23NO4. The zero-order valence-corrected chi connectivity index (χ0v) is 12.4. The highest BCUT2D eigenvalue weighted by molar-refractivity contribution is 5.55. The summed E-state index contributed by atoms with van der Waals surface area (Å²) in [4.78, 5) is 2.23. The van der Waals surface area contributed by atoms with Gasteiger partial charge in [-0.05, 0) is 25.5 Å². The SMILES string of the molecule is COc1ccc(CN2CCC[C@@H](O)C2)c(OC)c1OC. The quantitative estimate of drug-likeness (QED) is 0.889. The van der Waals surface area contributed by atoms with Crippen LogP contribution in [0.3, 0.4) is 0 Å². The lowest BCUT2D eigenvalue weighted by Crippen LogP contribution is -2.37. The standard InChI is InChI=1S/C15H23NO4/c1-18-13-7-6-11(14(19-2)15(13)20-3)9-16-8-4-5-12(17)10-16/h6-7,12,17H,4-5,8-10H2,1-3H3/t12-/m1/s1. The molecule has 1 aliphatic rings. The first kappa shape index (κ1) is 14.9. The molecule has 0 unspecified atom stereocenters. The summed E-state index contributed by atoms with van der Waals surface area (Å²) in [6, 6.07) is 3.87. The van der Waals surface area contributed by atoms with E-state index in [9.17, 15) is 5.11 Å². The van der Waals surface area contributed by atoms with Crippen molar-refractivity contribution >= 4 is 0 Å². The van der Waals surface area contributed by atoms with E-state index in [1.165, 1.54) is 0 Å². The Hall–Kier alpha value is -1.46. The first-order chi connectivity index (χ1) is 9.69. The van der Waals surface area contributed by atoms with Gasteiger partial charge in [-0.2, -0.15) is 0 Å². The summed E-state index contributed by atoms with van der Waals surface area (Å²) in [7, 11) is 4.85. The van der Waals surface area contributed by atoms with Gasteiger partial charge in [-0.15, -0.1) is 0 Å². The average molecular weight is 281 g/mol. The maximum Gasteiger partial charge on any atom is 0.203 e. The van der Waals surface area contributed by atoms with Crippen molar-refractivity contribution in [3.05, 3.63) is 17.7 Å². The van der Waals surface area contributed by atoms with Gasteiger partial charge in [0, 0.05) is 18.7 Å². The number of aliphatic hydroxyl groups is 1. The van der Waals surface area contributed by atoms with Gasteiger partial charge in [0.25, 0.3) is 0 Å². The number of hydrogen-bond donors (Lipinski definition) is 1. The normalized spacial score (nSPS) is 19.7. The van der Waals surface area contributed by atoms with Crippen LogP contribution in [0.1, 0.15) is 18.4 Å². The Kier molecular flexibility index (Phi) is 5.09. The largest absolute Gasteiger partial charge is 0.493 e. The Morgan fingerprint density at radius 3 is 2.50 bits per heavy atom. The molecule has 5 nitrogen and oxygen atoms in total. The fourth-order valence-electron chi connectivity index (χ4n) is 2.70. The molecule has 0 saturated carbocycles. The van der Waals surface area contributed by atoms with Crippen LogP contribution in [0.25, 0.3) is 0 Å². The molecule has 0 amide bonds. The second kappa shape index (κ2) is 6.81. The molecule has 1 atom stereocenters. The Labute approximate surface area is 120 Å². The smallest absolute Gasteiger partial charge is 0.203 e. The number of methoxy groups -OCH3 is 3. The van der Waals surface area contributed by atoms with E-state index in [1.54, 1.807) is 21.3 Å². The van der Waals surface area contributed by atoms with Gasteiger partial charge in [-0.3, -0.25) is 4.90 Å². The van der Waals surface area contributed by atoms with Gasteiger partial charge in [0.1, 0.15) is 0 Å². The van der Waals surface area contributed by atoms with Crippen LogP contribution in [-0.4, -0.2) is 50.5 Å². The molecule has 1 aromatic carbocycles. The van der Waals surface area contributed by atoms with E-state index >= 15 is 0 Å². The highest BCUT2D eigenvalue weighted by atomic mass is 16.5. The summed E-state index contributed by atoms with van der Waals surface area (Å²) in [5.74, 6) is 1.98. The van der Waals surface area contributed by atoms with Gasteiger partial charge < -0.3 is 19.3 Å². The van der Waals surface area contributed by atoms with Crippen molar-refractivity contribution in [1.82, 2.24) is 4.90 Å². The van der Waals surface area contributed by atoms with Gasteiger partial charge in [0.2, 0.25) is 5.75 Å². The number of nitrogens with zero attached hydrogens (tertiary/aromatic N) is 1. The lowest BCUT2D eigenvalue weighted by atomic mass is 10.1. The van der Waals surface area contributed by atoms with Crippen LogP contribution in [0.5, 0.6) is 17.2 Å². The molecule has 0 aliphatic carbocycles. The number of rotatable bonds is 5. The lowest BCUT2D eigenvalue weighted by Gasteiger charge is -2.30. The zero-order valence-electron chi connectivity index (χ0n) is 12.4. The number of benzene rings is 1. The van der Waals surface area contributed by atoms with Crippen molar-refractivity contribution in [2.24, 2.45) is 0 Å². The topological polar surface area (TPSA) is 51.2 Å². The van der Waals surface area contributed by atoms with Crippen molar-refractivity contribution in [2.75, 3.05) is 34.4 Å². The van der Waals surface area contributed by atoms with Crippen LogP contribution < -0.4 is 14.2 Å². The molecule has 2 rings (SSSR count). The van der Waals surface area contributed by atoms with Gasteiger partial charge in [-0.25, -0.2) is 0 Å². The number of β-amino-alcohol motifs (C(OH)–C–C–N with tert-alkyl or cyclic N) is 1. The molecule has 0 aromatic heterocycles. The predicted octanol–water partition coefficient (Wildman–Crippen LogP) is 1.67. The fraction of sp³-hybridized carbons (Fsp3) is 0.600. The molecule has 1 aliphatic heterocycles.